The fraction of sp³-hybridized carbons (Fsp3) is 0.208. The van der Waals surface area contributed by atoms with E-state index < -0.39 is 39.3 Å². The summed E-state index contributed by atoms with van der Waals surface area (Å²) in [6, 6.07) is 14.6. The van der Waals surface area contributed by atoms with Crippen molar-refractivity contribution in [1.29, 1.82) is 0 Å². The standard InChI is InChI=1S/C24H24FN3O6S/c1-16-4-13-22(14-23(16)28(30)31)35(32,33)27(20-9-11-21(34-3)12-10-20)15-24(29)26-17(2)18-5-7-19(25)8-6-18/h4-14,17H,15H2,1-3H3,(H,26,29)/t17-/m1/s1. The quantitative estimate of drug-likeness (QED) is 0.348. The monoisotopic (exact) mass is 501 g/mol. The largest absolute Gasteiger partial charge is 0.497 e. The zero-order valence-electron chi connectivity index (χ0n) is 19.3. The van der Waals surface area contributed by atoms with Crippen LogP contribution in [0.5, 0.6) is 5.75 Å². The Morgan fingerprint density at radius 3 is 2.31 bits per heavy atom. The number of methoxy groups -OCH3 is 1. The molecule has 0 saturated carbocycles. The summed E-state index contributed by atoms with van der Waals surface area (Å²) in [6.07, 6.45) is 0. The van der Waals surface area contributed by atoms with Crippen LogP contribution >= 0.6 is 0 Å². The van der Waals surface area contributed by atoms with E-state index in [9.17, 15) is 27.7 Å². The Morgan fingerprint density at radius 2 is 1.74 bits per heavy atom. The fourth-order valence-corrected chi connectivity index (χ4v) is 4.83. The summed E-state index contributed by atoms with van der Waals surface area (Å²) >= 11 is 0. The average molecular weight is 502 g/mol. The molecule has 1 amide bonds. The number of carbonyl (C=O) groups excluding carboxylic acids is 1. The number of hydrogen-bond acceptors (Lipinski definition) is 6. The van der Waals surface area contributed by atoms with Crippen LogP contribution in [0.4, 0.5) is 15.8 Å². The Kier molecular flexibility index (Phi) is 7.70. The van der Waals surface area contributed by atoms with E-state index in [-0.39, 0.29) is 16.3 Å². The smallest absolute Gasteiger partial charge is 0.273 e. The molecule has 0 aliphatic heterocycles. The number of aryl methyl sites for hydroxylation is 1. The van der Waals surface area contributed by atoms with Gasteiger partial charge in [0.25, 0.3) is 15.7 Å². The van der Waals surface area contributed by atoms with E-state index in [1.54, 1.807) is 6.92 Å². The van der Waals surface area contributed by atoms with Gasteiger partial charge in [-0.3, -0.25) is 19.2 Å². The third-order valence-corrected chi connectivity index (χ3v) is 7.13. The molecule has 3 aromatic rings. The Labute approximate surface area is 202 Å². The molecule has 184 valence electrons. The predicted molar refractivity (Wildman–Crippen MR) is 128 cm³/mol. The van der Waals surface area contributed by atoms with Crippen LogP contribution in [-0.2, 0) is 14.8 Å². The number of anilines is 1. The lowest BCUT2D eigenvalue weighted by Gasteiger charge is -2.25. The highest BCUT2D eigenvalue weighted by molar-refractivity contribution is 7.92. The third kappa shape index (κ3) is 5.93. The molecule has 3 aromatic carbocycles. The number of nitrogens with zero attached hydrogens (tertiary/aromatic N) is 2. The van der Waals surface area contributed by atoms with Crippen LogP contribution in [-0.4, -0.2) is 32.9 Å². The van der Waals surface area contributed by atoms with Crippen molar-refractivity contribution in [1.82, 2.24) is 5.32 Å². The Morgan fingerprint density at radius 1 is 1.11 bits per heavy atom. The molecule has 0 heterocycles. The number of nitro groups is 1. The molecule has 0 fully saturated rings. The molecule has 35 heavy (non-hydrogen) atoms. The summed E-state index contributed by atoms with van der Waals surface area (Å²) in [5.41, 5.74) is 0.748. The fourth-order valence-electron chi connectivity index (χ4n) is 3.39. The molecule has 1 atom stereocenters. The lowest BCUT2D eigenvalue weighted by atomic mass is 10.1. The Hall–Kier alpha value is -3.99. The van der Waals surface area contributed by atoms with Crippen molar-refractivity contribution >= 4 is 27.3 Å². The van der Waals surface area contributed by atoms with Gasteiger partial charge in [-0.15, -0.1) is 0 Å². The zero-order valence-corrected chi connectivity index (χ0v) is 20.1. The number of nitrogens with one attached hydrogen (secondary N) is 1. The molecule has 0 aliphatic rings. The van der Waals surface area contributed by atoms with Gasteiger partial charge in [0.2, 0.25) is 5.91 Å². The van der Waals surface area contributed by atoms with Crippen molar-refractivity contribution < 1.29 is 27.3 Å². The van der Waals surface area contributed by atoms with E-state index in [1.807, 2.05) is 0 Å². The molecule has 1 N–H and O–H groups in total. The summed E-state index contributed by atoms with van der Waals surface area (Å²) in [5, 5.41) is 14.1. The predicted octanol–water partition coefficient (Wildman–Crippen LogP) is 4.12. The number of carbonyl (C=O) groups is 1. The minimum atomic E-state index is -4.37. The van der Waals surface area contributed by atoms with E-state index >= 15 is 0 Å². The van der Waals surface area contributed by atoms with Crippen molar-refractivity contribution in [2.24, 2.45) is 0 Å². The topological polar surface area (TPSA) is 119 Å². The van der Waals surface area contributed by atoms with Gasteiger partial charge in [-0.2, -0.15) is 0 Å². The number of hydrogen-bond donors (Lipinski definition) is 1. The van der Waals surface area contributed by atoms with Crippen molar-refractivity contribution in [2.45, 2.75) is 24.8 Å². The first-order chi connectivity index (χ1) is 16.5. The van der Waals surface area contributed by atoms with Gasteiger partial charge in [-0.05, 0) is 61.9 Å². The van der Waals surface area contributed by atoms with Gasteiger partial charge >= 0.3 is 0 Å². The number of nitro benzene ring substituents is 1. The van der Waals surface area contributed by atoms with Crippen LogP contribution in [0.15, 0.2) is 71.6 Å². The second-order valence-corrected chi connectivity index (χ2v) is 9.62. The first-order valence-electron chi connectivity index (χ1n) is 10.5. The molecule has 0 saturated heterocycles. The maximum absolute atomic E-state index is 13.6. The van der Waals surface area contributed by atoms with Crippen molar-refractivity contribution in [3.8, 4) is 5.75 Å². The van der Waals surface area contributed by atoms with Gasteiger partial charge in [0.05, 0.1) is 28.7 Å². The van der Waals surface area contributed by atoms with Gasteiger partial charge in [0.15, 0.2) is 0 Å². The molecule has 3 rings (SSSR count). The maximum atomic E-state index is 13.6. The first-order valence-corrected chi connectivity index (χ1v) is 11.9. The highest BCUT2D eigenvalue weighted by Gasteiger charge is 2.29. The first kappa shape index (κ1) is 25.6. The van der Waals surface area contributed by atoms with Crippen molar-refractivity contribution in [2.75, 3.05) is 18.0 Å². The molecule has 11 heteroatoms. The SMILES string of the molecule is COc1ccc(N(CC(=O)N[C@H](C)c2ccc(F)cc2)S(=O)(=O)c2ccc(C)c([N+](=O)[O-])c2)cc1. The van der Waals surface area contributed by atoms with E-state index in [4.69, 9.17) is 4.74 Å². The molecule has 0 aromatic heterocycles. The van der Waals surface area contributed by atoms with Crippen molar-refractivity contribution in [3.63, 3.8) is 0 Å². The lowest BCUT2D eigenvalue weighted by Crippen LogP contribution is -2.41. The molecule has 0 unspecified atom stereocenters. The normalized spacial score (nSPS) is 12.0. The number of sulfonamides is 1. The second kappa shape index (κ2) is 10.5. The highest BCUT2D eigenvalue weighted by Crippen LogP contribution is 2.29. The molecule has 0 aliphatic carbocycles. The summed E-state index contributed by atoms with van der Waals surface area (Å²) in [4.78, 5) is 23.3. The minimum Gasteiger partial charge on any atom is -0.497 e. The van der Waals surface area contributed by atoms with Crippen LogP contribution in [0.1, 0.15) is 24.1 Å². The highest BCUT2D eigenvalue weighted by atomic mass is 32.2. The third-order valence-electron chi connectivity index (χ3n) is 5.36. The maximum Gasteiger partial charge on any atom is 0.273 e. The van der Waals surface area contributed by atoms with Gasteiger partial charge in [-0.1, -0.05) is 18.2 Å². The van der Waals surface area contributed by atoms with E-state index in [2.05, 4.69) is 5.32 Å². The molecule has 0 radical (unpaired) electrons. The lowest BCUT2D eigenvalue weighted by molar-refractivity contribution is -0.385. The van der Waals surface area contributed by atoms with E-state index in [1.165, 1.54) is 74.7 Å². The molecule has 9 nitrogen and oxygen atoms in total. The van der Waals surface area contributed by atoms with Crippen LogP contribution < -0.4 is 14.4 Å². The van der Waals surface area contributed by atoms with Crippen LogP contribution in [0.3, 0.4) is 0 Å². The average Bonchev–Trinajstić information content (AvgIpc) is 2.83. The van der Waals surface area contributed by atoms with Gasteiger partial charge < -0.3 is 10.1 Å². The zero-order chi connectivity index (χ0) is 25.8. The van der Waals surface area contributed by atoms with Crippen LogP contribution in [0.25, 0.3) is 0 Å². The minimum absolute atomic E-state index is 0.165. The van der Waals surface area contributed by atoms with Gasteiger partial charge in [0.1, 0.15) is 18.1 Å². The summed E-state index contributed by atoms with van der Waals surface area (Å²) in [6.45, 7) is 2.59. The van der Waals surface area contributed by atoms with Gasteiger partial charge in [0, 0.05) is 11.6 Å². The summed E-state index contributed by atoms with van der Waals surface area (Å²) in [7, 11) is -2.91. The summed E-state index contributed by atoms with van der Waals surface area (Å²) in [5.74, 6) is -0.564. The number of benzene rings is 3. The summed E-state index contributed by atoms with van der Waals surface area (Å²) < 4.78 is 46.3. The number of halogens is 1. The molecule has 0 spiro atoms. The Bertz CT molecular complexity index is 1330. The molecular formula is C24H24FN3O6S. The van der Waals surface area contributed by atoms with E-state index in [0.29, 0.717) is 16.9 Å². The van der Waals surface area contributed by atoms with Crippen molar-refractivity contribution in [3.05, 3.63) is 93.8 Å². The molecule has 0 bridgehead atoms. The van der Waals surface area contributed by atoms with Crippen LogP contribution in [0.2, 0.25) is 0 Å². The number of ether oxygens (including phenoxy) is 1. The van der Waals surface area contributed by atoms with Crippen LogP contribution in [0, 0.1) is 22.9 Å². The van der Waals surface area contributed by atoms with Gasteiger partial charge in [-0.25, -0.2) is 12.8 Å². The number of rotatable bonds is 9. The number of amides is 1. The Balaban J connectivity index is 1.96. The molecular weight excluding hydrogens is 477 g/mol. The van der Waals surface area contributed by atoms with E-state index in [0.717, 1.165) is 10.4 Å². The second-order valence-electron chi connectivity index (χ2n) is 7.76.